The summed E-state index contributed by atoms with van der Waals surface area (Å²) < 4.78 is 0. The van der Waals surface area contributed by atoms with Crippen LogP contribution in [0.1, 0.15) is 152 Å². The fourth-order valence-electron chi connectivity index (χ4n) is 11.2. The van der Waals surface area contributed by atoms with Crippen LogP contribution < -0.4 is 21.7 Å². The third kappa shape index (κ3) is 10.5. The van der Waals surface area contributed by atoms with Crippen molar-refractivity contribution in [3.05, 3.63) is 11.3 Å². The van der Waals surface area contributed by atoms with Crippen LogP contribution in [0.3, 0.4) is 0 Å². The van der Waals surface area contributed by atoms with Gasteiger partial charge in [0, 0.05) is 24.1 Å². The summed E-state index contributed by atoms with van der Waals surface area (Å²) in [7, 11) is 0. The third-order valence-electron chi connectivity index (χ3n) is 14.1. The fourth-order valence-corrected chi connectivity index (χ4v) is 12.5. The van der Waals surface area contributed by atoms with Crippen LogP contribution in [-0.4, -0.2) is 69.1 Å². The van der Waals surface area contributed by atoms with E-state index in [0.717, 1.165) is 31.3 Å². The molecule has 2 heterocycles. The number of carbonyl (C=O) groups excluding carboxylic acids is 4. The second-order valence-corrected chi connectivity index (χ2v) is 21.0. The molecule has 11 unspecified atom stereocenters. The molecule has 4 saturated carbocycles. The summed E-state index contributed by atoms with van der Waals surface area (Å²) in [4.78, 5) is 51.6. The van der Waals surface area contributed by atoms with Crippen LogP contribution >= 0.6 is 11.8 Å². The molecule has 6 aliphatic rings. The topological polar surface area (TPSA) is 154 Å². The normalized spacial score (nSPS) is 34.0. The van der Waals surface area contributed by atoms with E-state index in [2.05, 4.69) is 63.4 Å². The Hall–Kier alpha value is -2.55. The molecule has 6 rings (SSSR count). The highest BCUT2D eigenvalue weighted by Crippen LogP contribution is 2.64. The lowest BCUT2D eigenvalue weighted by atomic mass is 9.46. The maximum atomic E-state index is 13.2. The molecule has 0 spiro atoms. The van der Waals surface area contributed by atoms with Gasteiger partial charge in [0.05, 0.1) is 6.10 Å². The van der Waals surface area contributed by atoms with Gasteiger partial charge in [0.25, 0.3) is 11.8 Å². The number of hydrogen-bond acceptors (Lipinski definition) is 7. The highest BCUT2D eigenvalue weighted by Gasteiger charge is 2.58. The van der Waals surface area contributed by atoms with Crippen LogP contribution in [0.5, 0.6) is 0 Å². The first kappa shape index (κ1) is 46.1. The minimum absolute atomic E-state index is 0. The molecule has 10 nitrogen and oxygen atoms in total. The Morgan fingerprint density at radius 1 is 1.11 bits per heavy atom. The Morgan fingerprint density at radius 2 is 1.82 bits per heavy atom. The van der Waals surface area contributed by atoms with Gasteiger partial charge in [0.2, 0.25) is 12.3 Å². The molecule has 56 heavy (non-hydrogen) atoms. The average Bonchev–Trinajstić information content (AvgIpc) is 3.53. The number of aliphatic hydroxyl groups excluding tert-OH is 1. The van der Waals surface area contributed by atoms with E-state index in [1.54, 1.807) is 0 Å². The number of nitrogens with two attached hydrogens (primary N) is 1. The molecule has 0 aromatic heterocycles. The van der Waals surface area contributed by atoms with E-state index in [9.17, 15) is 24.3 Å². The van der Waals surface area contributed by atoms with Crippen LogP contribution in [0.4, 0.5) is 0 Å². The number of terminal acetylenes is 1. The van der Waals surface area contributed by atoms with Crippen LogP contribution in [0.15, 0.2) is 11.3 Å². The van der Waals surface area contributed by atoms with Crippen LogP contribution in [0, 0.1) is 58.7 Å². The van der Waals surface area contributed by atoms with E-state index in [1.807, 2.05) is 6.92 Å². The standard InChI is InChI=1S/C35H50N4O5S.C9H21N.CH4/c1-4-8-27(36-19-40)37-32(43)31-20(2)18-45-34-30(33(44)39(31)34)38-28(42)11-7-9-21-12-13-24-23(21)14-15-25-29(24)26(41)17-22-10-5-6-16-35(22,25)3;1-8(2,3)6-7-9(4,5)10;/h1,19,21-27,29-30,34,41H,5-18H2,2-3H3,(H,36,40)(H,37,43)(H,38,42);6-7,10H2,1-5H3;1H4. The van der Waals surface area contributed by atoms with Gasteiger partial charge in [-0.25, -0.2) is 0 Å². The van der Waals surface area contributed by atoms with Gasteiger partial charge in [0.15, 0.2) is 0 Å². The number of nitrogens with one attached hydrogen (secondary N) is 3. The zero-order valence-electron chi connectivity index (χ0n) is 34.8. The van der Waals surface area contributed by atoms with Gasteiger partial charge in [0.1, 0.15) is 23.3 Å². The Balaban J connectivity index is 0.000000559. The van der Waals surface area contributed by atoms with E-state index in [-0.39, 0.29) is 48.4 Å². The van der Waals surface area contributed by atoms with E-state index >= 15 is 0 Å². The predicted molar refractivity (Wildman–Crippen MR) is 226 cm³/mol. The summed E-state index contributed by atoms with van der Waals surface area (Å²) in [6, 6.07) is -0.656. The average molecular weight is 798 g/mol. The number of fused-ring (bicyclic) bond motifs is 6. The summed E-state index contributed by atoms with van der Waals surface area (Å²) in [5.41, 5.74) is 7.71. The quantitative estimate of drug-likeness (QED) is 0.0626. The first-order chi connectivity index (χ1) is 25.9. The molecule has 5 fully saturated rings. The second-order valence-electron chi connectivity index (χ2n) is 19.9. The van der Waals surface area contributed by atoms with Gasteiger partial charge in [-0.3, -0.25) is 24.1 Å². The largest absolute Gasteiger partial charge is 0.393 e. The van der Waals surface area contributed by atoms with Crippen molar-refractivity contribution in [2.75, 3.05) is 5.75 Å². The molecule has 0 bridgehead atoms. The van der Waals surface area contributed by atoms with Gasteiger partial charge < -0.3 is 26.8 Å². The molecule has 11 heteroatoms. The van der Waals surface area contributed by atoms with E-state index in [0.29, 0.717) is 64.9 Å². The second kappa shape index (κ2) is 19.0. The van der Waals surface area contributed by atoms with Gasteiger partial charge in [-0.15, -0.1) is 24.1 Å². The number of hydrogen-bond donors (Lipinski definition) is 5. The van der Waals surface area contributed by atoms with Crippen molar-refractivity contribution in [1.82, 2.24) is 20.9 Å². The summed E-state index contributed by atoms with van der Waals surface area (Å²) in [6.07, 6.45) is 20.8. The number of carbonyl (C=O) groups is 4. The predicted octanol–water partition coefficient (Wildman–Crippen LogP) is 6.86. The van der Waals surface area contributed by atoms with Crippen molar-refractivity contribution in [3.8, 4) is 12.3 Å². The lowest BCUT2D eigenvalue weighted by Crippen LogP contribution is -2.71. The maximum absolute atomic E-state index is 13.2. The van der Waals surface area contributed by atoms with Crippen molar-refractivity contribution in [1.29, 1.82) is 0 Å². The number of rotatable bonds is 12. The lowest BCUT2D eigenvalue weighted by Gasteiger charge is -2.59. The van der Waals surface area contributed by atoms with Crippen molar-refractivity contribution >= 4 is 35.9 Å². The summed E-state index contributed by atoms with van der Waals surface area (Å²) in [5.74, 6) is 5.80. The molecular formula is C45H75N5O5S. The van der Waals surface area contributed by atoms with Crippen molar-refractivity contribution in [2.24, 2.45) is 52.1 Å². The summed E-state index contributed by atoms with van der Waals surface area (Å²) in [6.45, 7) is 15.3. The lowest BCUT2D eigenvalue weighted by molar-refractivity contribution is -0.148. The Kier molecular flexibility index (Phi) is 15.7. The summed E-state index contributed by atoms with van der Waals surface area (Å²) >= 11 is 1.54. The van der Waals surface area contributed by atoms with Crippen LogP contribution in [-0.2, 0) is 19.2 Å². The first-order valence-electron chi connectivity index (χ1n) is 21.2. The molecule has 316 valence electrons. The third-order valence-corrected chi connectivity index (χ3v) is 15.6. The Morgan fingerprint density at radius 3 is 2.46 bits per heavy atom. The van der Waals surface area contributed by atoms with Gasteiger partial charge in [-0.05, 0) is 143 Å². The van der Waals surface area contributed by atoms with Crippen LogP contribution in [0.2, 0.25) is 0 Å². The van der Waals surface area contributed by atoms with E-state index < -0.39 is 18.1 Å². The Labute approximate surface area is 342 Å². The van der Waals surface area contributed by atoms with Crippen LogP contribution in [0.25, 0.3) is 0 Å². The smallest absolute Gasteiger partial charge is 0.269 e. The fraction of sp³-hybridized carbons (Fsp3) is 0.822. The van der Waals surface area contributed by atoms with E-state index in [4.69, 9.17) is 12.2 Å². The van der Waals surface area contributed by atoms with Crippen molar-refractivity contribution in [3.63, 3.8) is 0 Å². The summed E-state index contributed by atoms with van der Waals surface area (Å²) in [5, 5.41) is 19.2. The molecule has 0 aromatic carbocycles. The molecule has 0 aromatic rings. The molecule has 2 aliphatic heterocycles. The van der Waals surface area contributed by atoms with Gasteiger partial charge in [-0.2, -0.15) is 0 Å². The number of thioether (sulfide) groups is 1. The monoisotopic (exact) mass is 798 g/mol. The molecule has 0 radical (unpaired) electrons. The molecule has 4 amide bonds. The SMILES string of the molecule is C.C#CCC(NC=O)NC(=O)C1=C(C)CSC2C(NC(=O)CCCC3CCC4C3CCC3C4C(O)CC4CCCCC43C)C(=O)N12.CC(C)(C)CCC(C)(C)N. The van der Waals surface area contributed by atoms with Crippen molar-refractivity contribution < 1.29 is 24.3 Å². The molecule has 6 N–H and O–H groups in total. The molecule has 1 saturated heterocycles. The van der Waals surface area contributed by atoms with E-state index in [1.165, 1.54) is 74.4 Å². The number of aliphatic hydroxyl groups is 1. The first-order valence-corrected chi connectivity index (χ1v) is 22.3. The van der Waals surface area contributed by atoms with Crippen molar-refractivity contribution in [2.45, 2.75) is 181 Å². The maximum Gasteiger partial charge on any atom is 0.269 e. The zero-order chi connectivity index (χ0) is 40.3. The minimum atomic E-state index is -0.731. The highest BCUT2D eigenvalue weighted by molar-refractivity contribution is 8.00. The molecule has 11 atom stereocenters. The zero-order valence-corrected chi connectivity index (χ0v) is 35.6. The van der Waals surface area contributed by atoms with Gasteiger partial charge in [-0.1, -0.05) is 48.0 Å². The van der Waals surface area contributed by atoms with Gasteiger partial charge >= 0.3 is 0 Å². The Bertz CT molecular complexity index is 1470. The number of amides is 4. The minimum Gasteiger partial charge on any atom is -0.393 e. The molecular weight excluding hydrogens is 723 g/mol. The number of nitrogens with zero attached hydrogens (tertiary/aromatic N) is 1. The number of β-lactam (4-membered cyclic amide) rings is 1. The molecule has 4 aliphatic carbocycles. The highest BCUT2D eigenvalue weighted by atomic mass is 32.2.